The van der Waals surface area contributed by atoms with Gasteiger partial charge in [-0.25, -0.2) is 0 Å². The van der Waals surface area contributed by atoms with E-state index in [-0.39, 0.29) is 6.10 Å². The first-order valence-corrected chi connectivity index (χ1v) is 5.58. The normalized spacial score (nSPS) is 20.2. The minimum Gasteiger partial charge on any atom is -0.487 e. The maximum atomic E-state index is 10.8. The Labute approximate surface area is 96.5 Å². The van der Waals surface area contributed by atoms with Gasteiger partial charge in [0.15, 0.2) is 6.29 Å². The molecule has 80 valence electrons. The summed E-state index contributed by atoms with van der Waals surface area (Å²) < 4.78 is 11.8. The van der Waals surface area contributed by atoms with Gasteiger partial charge in [-0.2, -0.15) is 0 Å². The first kappa shape index (κ1) is 10.6. The molecule has 1 heterocycles. The molecule has 0 spiro atoms. The van der Waals surface area contributed by atoms with Crippen molar-refractivity contribution < 1.29 is 14.3 Å². The Morgan fingerprint density at radius 3 is 3.07 bits per heavy atom. The van der Waals surface area contributed by atoms with Crippen molar-refractivity contribution in [1.29, 1.82) is 0 Å². The summed E-state index contributed by atoms with van der Waals surface area (Å²) in [5, 5.41) is 0. The fraction of sp³-hybridized carbons (Fsp3) is 0.364. The zero-order chi connectivity index (χ0) is 10.7. The summed E-state index contributed by atoms with van der Waals surface area (Å²) in [6.45, 7) is 1.34. The number of ether oxygens (including phenoxy) is 2. The van der Waals surface area contributed by atoms with E-state index in [4.69, 9.17) is 9.47 Å². The van der Waals surface area contributed by atoms with Gasteiger partial charge in [0, 0.05) is 10.9 Å². The molecule has 0 aliphatic carbocycles. The Morgan fingerprint density at radius 1 is 1.53 bits per heavy atom. The first-order chi connectivity index (χ1) is 7.29. The molecular weight excluding hydrogens is 260 g/mol. The monoisotopic (exact) mass is 270 g/mol. The fourth-order valence-corrected chi connectivity index (χ4v) is 1.88. The van der Waals surface area contributed by atoms with Crippen LogP contribution >= 0.6 is 15.9 Å². The Bertz CT molecular complexity index is 359. The number of aldehydes is 1. The van der Waals surface area contributed by atoms with Gasteiger partial charge in [0.2, 0.25) is 0 Å². The average Bonchev–Trinajstić information content (AvgIpc) is 2.73. The molecule has 1 aliphatic rings. The van der Waals surface area contributed by atoms with Gasteiger partial charge >= 0.3 is 0 Å². The highest BCUT2D eigenvalue weighted by molar-refractivity contribution is 9.10. The lowest BCUT2D eigenvalue weighted by Gasteiger charge is -2.13. The number of hydrogen-bond donors (Lipinski definition) is 0. The molecule has 0 N–H and O–H groups in total. The lowest BCUT2D eigenvalue weighted by Crippen LogP contribution is -2.16. The van der Waals surface area contributed by atoms with Gasteiger partial charge in [0.05, 0.1) is 18.8 Å². The van der Waals surface area contributed by atoms with Crippen LogP contribution in [0.3, 0.4) is 0 Å². The second kappa shape index (κ2) is 4.77. The van der Waals surface area contributed by atoms with E-state index in [1.807, 2.05) is 6.07 Å². The highest BCUT2D eigenvalue weighted by atomic mass is 79.9. The van der Waals surface area contributed by atoms with E-state index in [1.165, 1.54) is 0 Å². The molecule has 15 heavy (non-hydrogen) atoms. The molecule has 1 fully saturated rings. The number of benzene rings is 1. The second-order valence-electron chi connectivity index (χ2n) is 3.40. The van der Waals surface area contributed by atoms with E-state index in [2.05, 4.69) is 15.9 Å². The summed E-state index contributed by atoms with van der Waals surface area (Å²) >= 11 is 3.31. The van der Waals surface area contributed by atoms with Gasteiger partial charge in [0.25, 0.3) is 0 Å². The Morgan fingerprint density at radius 2 is 2.40 bits per heavy atom. The molecule has 0 saturated carbocycles. The van der Waals surface area contributed by atoms with Crippen molar-refractivity contribution in [3.8, 4) is 5.75 Å². The van der Waals surface area contributed by atoms with E-state index < -0.39 is 0 Å². The molecule has 4 heteroatoms. The molecule has 1 aromatic rings. The largest absolute Gasteiger partial charge is 0.487 e. The summed E-state index contributed by atoms with van der Waals surface area (Å²) in [4.78, 5) is 10.8. The van der Waals surface area contributed by atoms with Crippen molar-refractivity contribution in [3.63, 3.8) is 0 Å². The van der Waals surface area contributed by atoms with Gasteiger partial charge in [-0.1, -0.05) is 15.9 Å². The highest BCUT2D eigenvalue weighted by Crippen LogP contribution is 2.24. The van der Waals surface area contributed by atoms with E-state index in [0.29, 0.717) is 17.9 Å². The SMILES string of the molecule is O=Cc1cc(Br)ccc1OC1CCOC1. The van der Waals surface area contributed by atoms with Gasteiger partial charge in [-0.3, -0.25) is 4.79 Å². The molecule has 2 rings (SSSR count). The Hall–Kier alpha value is -0.870. The molecule has 3 nitrogen and oxygen atoms in total. The third kappa shape index (κ3) is 2.58. The fourth-order valence-electron chi connectivity index (χ4n) is 1.50. The minimum absolute atomic E-state index is 0.0740. The van der Waals surface area contributed by atoms with Crippen LogP contribution in [-0.2, 0) is 4.74 Å². The van der Waals surface area contributed by atoms with Crippen molar-refractivity contribution in [2.45, 2.75) is 12.5 Å². The number of halogens is 1. The summed E-state index contributed by atoms with van der Waals surface area (Å²) in [5.74, 6) is 0.628. The van der Waals surface area contributed by atoms with Crippen molar-refractivity contribution in [3.05, 3.63) is 28.2 Å². The number of rotatable bonds is 3. The van der Waals surface area contributed by atoms with Crippen molar-refractivity contribution in [1.82, 2.24) is 0 Å². The van der Waals surface area contributed by atoms with Crippen molar-refractivity contribution in [2.75, 3.05) is 13.2 Å². The van der Waals surface area contributed by atoms with Gasteiger partial charge in [-0.05, 0) is 18.2 Å². The van der Waals surface area contributed by atoms with E-state index in [1.54, 1.807) is 12.1 Å². The lowest BCUT2D eigenvalue weighted by atomic mass is 10.2. The third-order valence-corrected chi connectivity index (χ3v) is 2.77. The summed E-state index contributed by atoms with van der Waals surface area (Å²) in [5.41, 5.74) is 0.566. The van der Waals surface area contributed by atoms with Crippen LogP contribution < -0.4 is 4.74 Å². The van der Waals surface area contributed by atoms with Crippen LogP contribution in [0, 0.1) is 0 Å². The summed E-state index contributed by atoms with van der Waals surface area (Å²) in [6, 6.07) is 5.41. The molecule has 1 aromatic carbocycles. The van der Waals surface area contributed by atoms with Crippen molar-refractivity contribution >= 4 is 22.2 Å². The molecule has 1 unspecified atom stereocenters. The predicted molar refractivity (Wildman–Crippen MR) is 59.4 cm³/mol. The van der Waals surface area contributed by atoms with Crippen LogP contribution in [0.1, 0.15) is 16.8 Å². The third-order valence-electron chi connectivity index (χ3n) is 2.28. The predicted octanol–water partition coefficient (Wildman–Crippen LogP) is 2.43. The van der Waals surface area contributed by atoms with E-state index >= 15 is 0 Å². The quantitative estimate of drug-likeness (QED) is 0.792. The Balaban J connectivity index is 2.15. The lowest BCUT2D eigenvalue weighted by molar-refractivity contribution is 0.111. The van der Waals surface area contributed by atoms with Crippen molar-refractivity contribution in [2.24, 2.45) is 0 Å². The van der Waals surface area contributed by atoms with Crippen LogP contribution in [0.2, 0.25) is 0 Å². The topological polar surface area (TPSA) is 35.5 Å². The van der Waals surface area contributed by atoms with Crippen LogP contribution in [-0.4, -0.2) is 25.6 Å². The van der Waals surface area contributed by atoms with Crippen LogP contribution in [0.25, 0.3) is 0 Å². The Kier molecular flexibility index (Phi) is 3.38. The zero-order valence-electron chi connectivity index (χ0n) is 8.11. The van der Waals surface area contributed by atoms with E-state index in [0.717, 1.165) is 23.8 Å². The van der Waals surface area contributed by atoms with Crippen LogP contribution in [0.4, 0.5) is 0 Å². The van der Waals surface area contributed by atoms with Gasteiger partial charge < -0.3 is 9.47 Å². The molecule has 0 bridgehead atoms. The van der Waals surface area contributed by atoms with Gasteiger partial charge in [-0.15, -0.1) is 0 Å². The summed E-state index contributed by atoms with van der Waals surface area (Å²) in [7, 11) is 0. The maximum Gasteiger partial charge on any atom is 0.153 e. The highest BCUT2D eigenvalue weighted by Gasteiger charge is 2.18. The maximum absolute atomic E-state index is 10.8. The van der Waals surface area contributed by atoms with E-state index in [9.17, 15) is 4.79 Å². The standard InChI is InChI=1S/C11H11BrO3/c12-9-1-2-11(8(5-9)6-13)15-10-3-4-14-7-10/h1-2,5-6,10H,3-4,7H2. The first-order valence-electron chi connectivity index (χ1n) is 4.79. The summed E-state index contributed by atoms with van der Waals surface area (Å²) in [6.07, 6.45) is 1.76. The average molecular weight is 271 g/mol. The molecule has 0 aromatic heterocycles. The van der Waals surface area contributed by atoms with Gasteiger partial charge in [0.1, 0.15) is 11.9 Å². The zero-order valence-corrected chi connectivity index (χ0v) is 9.70. The minimum atomic E-state index is 0.0740. The molecule has 0 radical (unpaired) electrons. The second-order valence-corrected chi connectivity index (χ2v) is 4.32. The molecule has 1 saturated heterocycles. The molecule has 0 amide bonds. The molecule has 1 aliphatic heterocycles. The number of hydrogen-bond acceptors (Lipinski definition) is 3. The van der Waals surface area contributed by atoms with Crippen LogP contribution in [0.15, 0.2) is 22.7 Å². The van der Waals surface area contributed by atoms with Crippen LogP contribution in [0.5, 0.6) is 5.75 Å². The molecular formula is C11H11BrO3. The molecule has 1 atom stereocenters. The number of carbonyl (C=O) groups excluding carboxylic acids is 1. The number of carbonyl (C=O) groups is 1. The smallest absolute Gasteiger partial charge is 0.153 e.